The standard InChI is InChI=1S/C38H27N/c1-2-12-26(13-3-1)34-24-29-25-37(31-17-7-9-19-33(31)38(29)32-18-8-6-16-30(32)34)39-35-20-10-4-14-27(35)22-23-28-15-5-11-21-36(28)39/h1-10,12-20,22-25H,11,21H2. The normalized spacial score (nSPS) is 14.6. The van der Waals surface area contributed by atoms with Crippen molar-refractivity contribution in [1.29, 1.82) is 0 Å². The smallest absolute Gasteiger partial charge is 0.0543 e. The molecule has 1 heterocycles. The lowest BCUT2D eigenvalue weighted by Crippen LogP contribution is -2.19. The average molecular weight is 498 g/mol. The van der Waals surface area contributed by atoms with E-state index in [0.717, 1.165) is 12.8 Å². The second kappa shape index (κ2) is 8.85. The molecule has 0 fully saturated rings. The van der Waals surface area contributed by atoms with Crippen molar-refractivity contribution in [2.75, 3.05) is 4.90 Å². The summed E-state index contributed by atoms with van der Waals surface area (Å²) in [6, 6.07) is 42.2. The second-order valence-corrected chi connectivity index (χ2v) is 10.4. The first-order chi connectivity index (χ1) is 19.4. The zero-order chi connectivity index (χ0) is 25.8. The predicted octanol–water partition coefficient (Wildman–Crippen LogP) is 10.6. The van der Waals surface area contributed by atoms with Gasteiger partial charge in [-0.05, 0) is 80.2 Å². The van der Waals surface area contributed by atoms with Gasteiger partial charge in [0.25, 0.3) is 0 Å². The number of allylic oxidation sites excluding steroid dienone is 5. The van der Waals surface area contributed by atoms with Crippen molar-refractivity contribution in [1.82, 2.24) is 0 Å². The highest BCUT2D eigenvalue weighted by atomic mass is 15.2. The molecule has 0 radical (unpaired) electrons. The van der Waals surface area contributed by atoms with Crippen molar-refractivity contribution >= 4 is 49.8 Å². The monoisotopic (exact) mass is 497 g/mol. The molecule has 0 spiro atoms. The lowest BCUT2D eigenvalue weighted by molar-refractivity contribution is 0.909. The van der Waals surface area contributed by atoms with E-state index in [9.17, 15) is 0 Å². The van der Waals surface area contributed by atoms with Crippen LogP contribution in [-0.4, -0.2) is 0 Å². The van der Waals surface area contributed by atoms with Crippen molar-refractivity contribution in [3.8, 4) is 11.1 Å². The molecule has 2 aliphatic rings. The van der Waals surface area contributed by atoms with Crippen LogP contribution in [0, 0.1) is 0 Å². The largest absolute Gasteiger partial charge is 0.312 e. The van der Waals surface area contributed by atoms with Crippen LogP contribution in [0.4, 0.5) is 11.4 Å². The topological polar surface area (TPSA) is 3.24 Å². The van der Waals surface area contributed by atoms with E-state index in [2.05, 4.69) is 144 Å². The number of hydrogen-bond acceptors (Lipinski definition) is 1. The van der Waals surface area contributed by atoms with Gasteiger partial charge in [0.1, 0.15) is 0 Å². The molecule has 0 N–H and O–H groups in total. The zero-order valence-corrected chi connectivity index (χ0v) is 21.6. The Balaban J connectivity index is 1.52. The highest BCUT2D eigenvalue weighted by molar-refractivity contribution is 6.26. The van der Waals surface area contributed by atoms with Gasteiger partial charge in [-0.25, -0.2) is 0 Å². The van der Waals surface area contributed by atoms with Gasteiger partial charge < -0.3 is 4.90 Å². The first-order valence-electron chi connectivity index (χ1n) is 13.8. The summed E-state index contributed by atoms with van der Waals surface area (Å²) in [5.74, 6) is 0. The minimum absolute atomic E-state index is 1.02. The predicted molar refractivity (Wildman–Crippen MR) is 167 cm³/mol. The number of hydrogen-bond donors (Lipinski definition) is 0. The molecule has 8 rings (SSSR count). The fourth-order valence-electron chi connectivity index (χ4n) is 6.50. The summed E-state index contributed by atoms with van der Waals surface area (Å²) in [4.78, 5) is 2.54. The van der Waals surface area contributed by atoms with Gasteiger partial charge in [0.05, 0.1) is 11.4 Å². The molecule has 0 amide bonds. The molecular weight excluding hydrogens is 470 g/mol. The summed E-state index contributed by atoms with van der Waals surface area (Å²) in [5.41, 5.74) is 8.91. The summed E-state index contributed by atoms with van der Waals surface area (Å²) >= 11 is 0. The van der Waals surface area contributed by atoms with Crippen LogP contribution in [0.15, 0.2) is 145 Å². The maximum Gasteiger partial charge on any atom is 0.0543 e. The van der Waals surface area contributed by atoms with Crippen LogP contribution < -0.4 is 4.90 Å². The Labute approximate surface area is 228 Å². The van der Waals surface area contributed by atoms with Crippen LogP contribution in [0.5, 0.6) is 0 Å². The van der Waals surface area contributed by atoms with Gasteiger partial charge in [-0.15, -0.1) is 0 Å². The Bertz CT molecular complexity index is 2010. The molecule has 0 aromatic heterocycles. The Kier molecular flexibility index (Phi) is 5.03. The van der Waals surface area contributed by atoms with Crippen LogP contribution in [0.25, 0.3) is 49.5 Å². The summed E-state index contributed by atoms with van der Waals surface area (Å²) in [7, 11) is 0. The molecule has 1 heteroatoms. The molecule has 0 unspecified atom stereocenters. The third-order valence-electron chi connectivity index (χ3n) is 8.23. The van der Waals surface area contributed by atoms with E-state index >= 15 is 0 Å². The molecule has 0 saturated carbocycles. The van der Waals surface area contributed by atoms with Crippen molar-refractivity contribution in [2.45, 2.75) is 12.8 Å². The van der Waals surface area contributed by atoms with Gasteiger partial charge in [-0.2, -0.15) is 0 Å². The molecule has 184 valence electrons. The molecule has 0 saturated heterocycles. The molecule has 1 nitrogen and oxygen atoms in total. The Morgan fingerprint density at radius 1 is 0.538 bits per heavy atom. The van der Waals surface area contributed by atoms with Crippen LogP contribution in [0.1, 0.15) is 18.4 Å². The van der Waals surface area contributed by atoms with Crippen LogP contribution in [0.3, 0.4) is 0 Å². The van der Waals surface area contributed by atoms with E-state index in [1.165, 1.54) is 71.7 Å². The van der Waals surface area contributed by atoms with E-state index in [1.807, 2.05) is 0 Å². The summed E-state index contributed by atoms with van der Waals surface area (Å²) in [6.07, 6.45) is 11.2. The maximum absolute atomic E-state index is 2.54. The summed E-state index contributed by atoms with van der Waals surface area (Å²) in [5, 5.41) is 7.76. The minimum atomic E-state index is 1.02. The number of rotatable bonds is 2. The Morgan fingerprint density at radius 2 is 1.23 bits per heavy atom. The fourth-order valence-corrected chi connectivity index (χ4v) is 6.50. The molecule has 1 aliphatic carbocycles. The van der Waals surface area contributed by atoms with Crippen molar-refractivity contribution in [2.24, 2.45) is 0 Å². The SMILES string of the molecule is C1=CC2=C(CC1)N(c1cc3cc(-c4ccccc4)c4ccccc4c3c3ccccc13)c1ccccc1C=C2. The third-order valence-corrected chi connectivity index (χ3v) is 8.23. The number of para-hydroxylation sites is 1. The molecule has 0 bridgehead atoms. The van der Waals surface area contributed by atoms with Crippen LogP contribution in [-0.2, 0) is 0 Å². The minimum Gasteiger partial charge on any atom is -0.312 e. The van der Waals surface area contributed by atoms with Gasteiger partial charge in [-0.1, -0.05) is 121 Å². The van der Waals surface area contributed by atoms with E-state index in [4.69, 9.17) is 0 Å². The fraction of sp³-hybridized carbons (Fsp3) is 0.0526. The Morgan fingerprint density at radius 3 is 2.08 bits per heavy atom. The first kappa shape index (κ1) is 22.1. The first-order valence-corrected chi connectivity index (χ1v) is 13.8. The lowest BCUT2D eigenvalue weighted by atomic mass is 9.89. The molecule has 6 aromatic rings. The summed E-state index contributed by atoms with van der Waals surface area (Å²) < 4.78 is 0. The molecule has 1 aliphatic heterocycles. The Hall–Kier alpha value is -4.88. The van der Waals surface area contributed by atoms with Gasteiger partial charge in [0.15, 0.2) is 0 Å². The van der Waals surface area contributed by atoms with Crippen LogP contribution >= 0.6 is 0 Å². The molecular formula is C38H27N. The van der Waals surface area contributed by atoms with Crippen molar-refractivity contribution < 1.29 is 0 Å². The number of nitrogens with zero attached hydrogens (tertiary/aromatic N) is 1. The van der Waals surface area contributed by atoms with E-state index in [0.29, 0.717) is 0 Å². The highest BCUT2D eigenvalue weighted by Gasteiger charge is 2.25. The number of anilines is 2. The third kappa shape index (κ3) is 3.47. The highest BCUT2D eigenvalue weighted by Crippen LogP contribution is 2.47. The van der Waals surface area contributed by atoms with Gasteiger partial charge >= 0.3 is 0 Å². The van der Waals surface area contributed by atoms with Crippen molar-refractivity contribution in [3.05, 3.63) is 150 Å². The van der Waals surface area contributed by atoms with E-state index in [-0.39, 0.29) is 0 Å². The van der Waals surface area contributed by atoms with E-state index in [1.54, 1.807) is 0 Å². The van der Waals surface area contributed by atoms with E-state index < -0.39 is 0 Å². The maximum atomic E-state index is 2.54. The second-order valence-electron chi connectivity index (χ2n) is 10.4. The molecule has 0 atom stereocenters. The summed E-state index contributed by atoms with van der Waals surface area (Å²) in [6.45, 7) is 0. The van der Waals surface area contributed by atoms with Gasteiger partial charge in [0, 0.05) is 11.1 Å². The van der Waals surface area contributed by atoms with Crippen molar-refractivity contribution in [3.63, 3.8) is 0 Å². The molecule has 39 heavy (non-hydrogen) atoms. The number of benzene rings is 6. The molecule has 6 aromatic carbocycles. The average Bonchev–Trinajstić information content (AvgIpc) is 3.17. The van der Waals surface area contributed by atoms with Crippen LogP contribution in [0.2, 0.25) is 0 Å². The number of fused-ring (bicyclic) bond motifs is 6. The van der Waals surface area contributed by atoms with Gasteiger partial charge in [0.2, 0.25) is 0 Å². The quantitative estimate of drug-likeness (QED) is 0.215. The zero-order valence-electron chi connectivity index (χ0n) is 21.6. The van der Waals surface area contributed by atoms with Gasteiger partial charge in [-0.3, -0.25) is 0 Å². The lowest BCUT2D eigenvalue weighted by Gasteiger charge is -2.32.